The Hall–Kier alpha value is -2.83. The van der Waals surface area contributed by atoms with Crippen LogP contribution in [0.4, 0.5) is 5.69 Å². The number of amides is 2. The largest absolute Gasteiger partial charge is 0.385 e. The van der Waals surface area contributed by atoms with Gasteiger partial charge in [0.25, 0.3) is 5.91 Å². The Bertz CT molecular complexity index is 829. The van der Waals surface area contributed by atoms with Crippen LogP contribution in [0.5, 0.6) is 0 Å². The van der Waals surface area contributed by atoms with Crippen molar-refractivity contribution in [3.63, 3.8) is 0 Å². The van der Waals surface area contributed by atoms with E-state index in [1.54, 1.807) is 22.8 Å². The molecule has 1 aliphatic rings. The fraction of sp³-hybridized carbons (Fsp3) is 0.421. The predicted octanol–water partition coefficient (Wildman–Crippen LogP) is 1.86. The molecule has 0 aliphatic carbocycles. The van der Waals surface area contributed by atoms with E-state index in [-0.39, 0.29) is 30.3 Å². The topological polar surface area (TPSA) is 79.3 Å². The van der Waals surface area contributed by atoms with Gasteiger partial charge in [-0.2, -0.15) is 5.10 Å². The molecule has 7 nitrogen and oxygen atoms in total. The summed E-state index contributed by atoms with van der Waals surface area (Å²) < 4.78 is 1.75. The number of rotatable bonds is 5. The van der Waals surface area contributed by atoms with Gasteiger partial charge in [-0.15, -0.1) is 0 Å². The third-order valence-electron chi connectivity index (χ3n) is 4.85. The molecule has 1 aromatic heterocycles. The fourth-order valence-corrected chi connectivity index (χ4v) is 3.51. The van der Waals surface area contributed by atoms with Crippen LogP contribution in [-0.4, -0.2) is 46.1 Å². The van der Waals surface area contributed by atoms with Gasteiger partial charge in [0.1, 0.15) is 0 Å². The summed E-state index contributed by atoms with van der Waals surface area (Å²) in [5.74, 6) is -0.164. The highest BCUT2D eigenvalue weighted by atomic mass is 16.2. The first-order valence-electron chi connectivity index (χ1n) is 8.81. The summed E-state index contributed by atoms with van der Waals surface area (Å²) in [5, 5.41) is 10.5. The molecule has 138 valence electrons. The second-order valence-electron chi connectivity index (χ2n) is 6.69. The first kappa shape index (κ1) is 18.0. The number of carbonyl (C=O) groups excluding carboxylic acids is 2. The third-order valence-corrected chi connectivity index (χ3v) is 4.85. The van der Waals surface area contributed by atoms with Crippen molar-refractivity contribution in [3.8, 4) is 0 Å². The molecule has 0 spiro atoms. The Balaban J connectivity index is 1.87. The lowest BCUT2D eigenvalue weighted by molar-refractivity contribution is -0.127. The molecule has 0 radical (unpaired) electrons. The van der Waals surface area contributed by atoms with Gasteiger partial charge in [0.15, 0.2) is 0 Å². The van der Waals surface area contributed by atoms with E-state index in [0.717, 1.165) is 23.5 Å². The van der Waals surface area contributed by atoms with Crippen LogP contribution in [0.3, 0.4) is 0 Å². The molecule has 0 saturated carbocycles. The van der Waals surface area contributed by atoms with Gasteiger partial charge in [0.2, 0.25) is 5.91 Å². The van der Waals surface area contributed by atoms with E-state index in [2.05, 4.69) is 15.7 Å². The van der Waals surface area contributed by atoms with Crippen LogP contribution in [-0.2, 0) is 11.8 Å². The minimum atomic E-state index is -0.301. The Morgan fingerprint density at radius 1 is 1.31 bits per heavy atom. The normalized spacial score (nSPS) is 19.7. The van der Waals surface area contributed by atoms with Crippen LogP contribution in [0.1, 0.15) is 41.0 Å². The first-order valence-corrected chi connectivity index (χ1v) is 8.81. The zero-order chi connectivity index (χ0) is 18.8. The molecule has 1 fully saturated rings. The number of benzene rings is 1. The molecule has 1 aliphatic heterocycles. The zero-order valence-corrected chi connectivity index (χ0v) is 15.6. The quantitative estimate of drug-likeness (QED) is 0.858. The van der Waals surface area contributed by atoms with Crippen LogP contribution < -0.4 is 10.6 Å². The molecule has 2 heterocycles. The molecule has 26 heavy (non-hydrogen) atoms. The smallest absolute Gasteiger partial charge is 0.253 e. The van der Waals surface area contributed by atoms with Gasteiger partial charge in [-0.1, -0.05) is 11.6 Å². The van der Waals surface area contributed by atoms with Crippen LogP contribution >= 0.6 is 0 Å². The number of hydrogen-bond donors (Lipinski definition) is 2. The average molecular weight is 355 g/mol. The zero-order valence-electron chi connectivity index (χ0n) is 15.6. The van der Waals surface area contributed by atoms with Crippen molar-refractivity contribution in [2.45, 2.75) is 32.4 Å². The Morgan fingerprint density at radius 3 is 2.73 bits per heavy atom. The SMILES string of the molecule is CCNc1ccc(C)cc1C(=O)N[C@@H]1CC(=O)N(C)[C@H]1c1ccnn1C. The minimum Gasteiger partial charge on any atom is -0.385 e. The summed E-state index contributed by atoms with van der Waals surface area (Å²) in [6.07, 6.45) is 1.98. The molecular weight excluding hydrogens is 330 g/mol. The van der Waals surface area contributed by atoms with Gasteiger partial charge in [-0.3, -0.25) is 14.3 Å². The van der Waals surface area contributed by atoms with Crippen molar-refractivity contribution in [3.05, 3.63) is 47.3 Å². The van der Waals surface area contributed by atoms with E-state index in [4.69, 9.17) is 0 Å². The maximum absolute atomic E-state index is 13.0. The van der Waals surface area contributed by atoms with Crippen molar-refractivity contribution < 1.29 is 9.59 Å². The Morgan fingerprint density at radius 2 is 2.08 bits per heavy atom. The molecule has 7 heteroatoms. The number of likely N-dealkylation sites (tertiary alicyclic amines) is 1. The van der Waals surface area contributed by atoms with E-state index in [1.165, 1.54) is 0 Å². The number of nitrogens with zero attached hydrogens (tertiary/aromatic N) is 3. The van der Waals surface area contributed by atoms with E-state index in [9.17, 15) is 9.59 Å². The van der Waals surface area contributed by atoms with Crippen molar-refractivity contribution >= 4 is 17.5 Å². The van der Waals surface area contributed by atoms with E-state index in [0.29, 0.717) is 5.56 Å². The monoisotopic (exact) mass is 355 g/mol. The van der Waals surface area contributed by atoms with Crippen LogP contribution in [0.25, 0.3) is 0 Å². The van der Waals surface area contributed by atoms with E-state index >= 15 is 0 Å². The van der Waals surface area contributed by atoms with E-state index < -0.39 is 0 Å². The minimum absolute atomic E-state index is 0.0117. The van der Waals surface area contributed by atoms with Crippen LogP contribution in [0.2, 0.25) is 0 Å². The van der Waals surface area contributed by atoms with Gasteiger partial charge >= 0.3 is 0 Å². The summed E-state index contributed by atoms with van der Waals surface area (Å²) >= 11 is 0. The van der Waals surface area contributed by atoms with Crippen molar-refractivity contribution in [2.24, 2.45) is 7.05 Å². The summed E-state index contributed by atoms with van der Waals surface area (Å²) in [7, 11) is 3.61. The van der Waals surface area contributed by atoms with E-state index in [1.807, 2.05) is 45.2 Å². The van der Waals surface area contributed by atoms with Crippen molar-refractivity contribution in [1.82, 2.24) is 20.0 Å². The van der Waals surface area contributed by atoms with Gasteiger partial charge in [-0.05, 0) is 32.0 Å². The molecule has 2 atom stereocenters. The summed E-state index contributed by atoms with van der Waals surface area (Å²) in [5.41, 5.74) is 3.31. The van der Waals surface area contributed by atoms with Crippen LogP contribution in [0.15, 0.2) is 30.5 Å². The number of nitrogens with one attached hydrogen (secondary N) is 2. The molecule has 1 aromatic carbocycles. The highest BCUT2D eigenvalue weighted by Crippen LogP contribution is 2.32. The lowest BCUT2D eigenvalue weighted by Crippen LogP contribution is -2.40. The number of aromatic nitrogens is 2. The molecular formula is C19H25N5O2. The maximum Gasteiger partial charge on any atom is 0.253 e. The number of hydrogen-bond acceptors (Lipinski definition) is 4. The second-order valence-corrected chi connectivity index (χ2v) is 6.69. The summed E-state index contributed by atoms with van der Waals surface area (Å²) in [6.45, 7) is 4.67. The number of likely N-dealkylation sites (N-methyl/N-ethyl adjacent to an activating group) is 1. The molecule has 2 amide bonds. The van der Waals surface area contributed by atoms with Gasteiger partial charge in [0, 0.05) is 38.9 Å². The predicted molar refractivity (Wildman–Crippen MR) is 99.9 cm³/mol. The second kappa shape index (κ2) is 7.19. The number of carbonyl (C=O) groups is 2. The lowest BCUT2D eigenvalue weighted by atomic mass is 10.0. The highest BCUT2D eigenvalue weighted by molar-refractivity contribution is 6.00. The van der Waals surface area contributed by atoms with Crippen molar-refractivity contribution in [2.75, 3.05) is 18.9 Å². The third kappa shape index (κ3) is 3.29. The highest BCUT2D eigenvalue weighted by Gasteiger charge is 2.41. The molecule has 2 aromatic rings. The first-order chi connectivity index (χ1) is 12.4. The standard InChI is InChI=1S/C19H25N5O2/c1-5-20-14-7-6-12(2)10-13(14)19(26)22-15-11-17(25)23(3)18(15)16-8-9-21-24(16)4/h6-10,15,18,20H,5,11H2,1-4H3,(H,22,26)/t15-,18-/m1/s1. The van der Waals surface area contributed by atoms with Gasteiger partial charge in [0.05, 0.1) is 23.3 Å². The molecule has 1 saturated heterocycles. The summed E-state index contributed by atoms with van der Waals surface area (Å²) in [4.78, 5) is 26.9. The van der Waals surface area contributed by atoms with Gasteiger partial charge < -0.3 is 15.5 Å². The molecule has 3 rings (SSSR count). The Labute approximate surface area is 153 Å². The Kier molecular flexibility index (Phi) is 4.97. The average Bonchev–Trinajstić information content (AvgIpc) is 3.13. The maximum atomic E-state index is 13.0. The van der Waals surface area contributed by atoms with Crippen molar-refractivity contribution in [1.29, 1.82) is 0 Å². The van der Waals surface area contributed by atoms with Gasteiger partial charge in [-0.25, -0.2) is 0 Å². The molecule has 2 N–H and O–H groups in total. The fourth-order valence-electron chi connectivity index (χ4n) is 3.51. The van der Waals surface area contributed by atoms with Crippen LogP contribution in [0, 0.1) is 6.92 Å². The molecule has 0 unspecified atom stereocenters. The number of anilines is 1. The summed E-state index contributed by atoms with van der Waals surface area (Å²) in [6, 6.07) is 7.11. The molecule has 0 bridgehead atoms. The lowest BCUT2D eigenvalue weighted by Gasteiger charge is -2.26. The number of aryl methyl sites for hydroxylation is 2.